The molecule has 0 radical (unpaired) electrons. The molecule has 0 N–H and O–H groups in total. The number of hydrogen-bond acceptors (Lipinski definition) is 6. The summed E-state index contributed by atoms with van der Waals surface area (Å²) >= 11 is 1.62. The summed E-state index contributed by atoms with van der Waals surface area (Å²) in [4.78, 5) is 0. The van der Waals surface area contributed by atoms with Gasteiger partial charge >= 0.3 is 0 Å². The molecule has 152 valence electrons. The second kappa shape index (κ2) is 10.0. The number of thioether (sulfide) groups is 1. The third kappa shape index (κ3) is 5.32. The number of nitrogens with zero attached hydrogens (tertiary/aromatic N) is 3. The maximum absolute atomic E-state index is 6.05. The Labute approximate surface area is 175 Å². The van der Waals surface area contributed by atoms with Crippen molar-refractivity contribution >= 4 is 11.8 Å². The van der Waals surface area contributed by atoms with Crippen LogP contribution in [0.15, 0.2) is 66.3 Å². The molecule has 0 spiro atoms. The van der Waals surface area contributed by atoms with Gasteiger partial charge in [-0.15, -0.1) is 16.8 Å². The molecule has 7 heteroatoms. The largest absolute Gasteiger partial charge is 0.497 e. The summed E-state index contributed by atoms with van der Waals surface area (Å²) in [5, 5.41) is 9.59. The maximum atomic E-state index is 6.05. The van der Waals surface area contributed by atoms with E-state index in [4.69, 9.17) is 14.2 Å². The summed E-state index contributed by atoms with van der Waals surface area (Å²) in [6.45, 7) is 6.44. The average molecular weight is 412 g/mol. The number of rotatable bonds is 10. The predicted octanol–water partition coefficient (Wildman–Crippen LogP) is 4.91. The van der Waals surface area contributed by atoms with E-state index in [-0.39, 0.29) is 6.10 Å². The van der Waals surface area contributed by atoms with Gasteiger partial charge in [-0.1, -0.05) is 30.0 Å². The summed E-state index contributed by atoms with van der Waals surface area (Å²) in [7, 11) is 3.31. The van der Waals surface area contributed by atoms with E-state index in [0.29, 0.717) is 6.54 Å². The Balaban J connectivity index is 1.73. The first-order valence-corrected chi connectivity index (χ1v) is 10.2. The highest BCUT2D eigenvalue weighted by atomic mass is 32.2. The van der Waals surface area contributed by atoms with Crippen LogP contribution >= 0.6 is 11.8 Å². The smallest absolute Gasteiger partial charge is 0.191 e. The van der Waals surface area contributed by atoms with E-state index in [0.717, 1.165) is 39.5 Å². The average Bonchev–Trinajstić information content (AvgIpc) is 3.16. The van der Waals surface area contributed by atoms with Gasteiger partial charge in [0.05, 0.1) is 14.2 Å². The standard InChI is InChI=1S/C22H25N3O3S/c1-5-13-25-21(16(2)28-19-11-9-18(26-3)10-12-19)23-24-22(25)29-15-17-7-6-8-20(14-17)27-4/h5-12,14,16H,1,13,15H2,2-4H3. The van der Waals surface area contributed by atoms with Gasteiger partial charge in [0, 0.05) is 12.3 Å². The van der Waals surface area contributed by atoms with Crippen molar-refractivity contribution < 1.29 is 14.2 Å². The Hall–Kier alpha value is -2.93. The monoisotopic (exact) mass is 411 g/mol. The first-order valence-electron chi connectivity index (χ1n) is 9.25. The van der Waals surface area contributed by atoms with Crippen molar-refractivity contribution in [2.24, 2.45) is 0 Å². The molecule has 0 saturated carbocycles. The maximum Gasteiger partial charge on any atom is 0.191 e. The fourth-order valence-electron chi connectivity index (χ4n) is 2.83. The molecular weight excluding hydrogens is 386 g/mol. The number of aromatic nitrogens is 3. The number of allylic oxidation sites excluding steroid dienone is 1. The van der Waals surface area contributed by atoms with Gasteiger partial charge in [0.25, 0.3) is 0 Å². The van der Waals surface area contributed by atoms with Crippen molar-refractivity contribution in [2.45, 2.75) is 30.5 Å². The minimum atomic E-state index is -0.262. The summed E-state index contributed by atoms with van der Waals surface area (Å²) in [6, 6.07) is 15.5. The van der Waals surface area contributed by atoms with E-state index < -0.39 is 0 Å². The summed E-state index contributed by atoms with van der Waals surface area (Å²) in [6.07, 6.45) is 1.57. The van der Waals surface area contributed by atoms with Crippen LogP contribution in [0.3, 0.4) is 0 Å². The van der Waals surface area contributed by atoms with Gasteiger partial charge in [0.2, 0.25) is 0 Å². The van der Waals surface area contributed by atoms with E-state index in [1.165, 1.54) is 0 Å². The van der Waals surface area contributed by atoms with Gasteiger partial charge in [-0.2, -0.15) is 0 Å². The Bertz CT molecular complexity index is 941. The molecule has 1 heterocycles. The first-order chi connectivity index (χ1) is 14.1. The normalized spacial score (nSPS) is 11.7. The fraction of sp³-hybridized carbons (Fsp3) is 0.273. The van der Waals surface area contributed by atoms with Crippen LogP contribution in [0.2, 0.25) is 0 Å². The van der Waals surface area contributed by atoms with Crippen molar-refractivity contribution in [3.05, 3.63) is 72.6 Å². The van der Waals surface area contributed by atoms with Crippen LogP contribution in [-0.2, 0) is 12.3 Å². The van der Waals surface area contributed by atoms with Gasteiger partial charge in [-0.25, -0.2) is 0 Å². The van der Waals surface area contributed by atoms with E-state index in [1.54, 1.807) is 26.0 Å². The molecule has 2 aromatic carbocycles. The molecule has 1 aromatic heterocycles. The van der Waals surface area contributed by atoms with Crippen LogP contribution in [0.25, 0.3) is 0 Å². The highest BCUT2D eigenvalue weighted by molar-refractivity contribution is 7.98. The summed E-state index contributed by atoms with van der Waals surface area (Å²) in [5.74, 6) is 3.90. The molecule has 0 aliphatic carbocycles. The lowest BCUT2D eigenvalue weighted by Gasteiger charge is -2.16. The number of benzene rings is 2. The Kier molecular flexibility index (Phi) is 7.19. The Morgan fingerprint density at radius 3 is 2.45 bits per heavy atom. The van der Waals surface area contributed by atoms with Crippen LogP contribution in [0.4, 0.5) is 0 Å². The van der Waals surface area contributed by atoms with Crippen molar-refractivity contribution in [1.29, 1.82) is 0 Å². The molecule has 1 atom stereocenters. The topological polar surface area (TPSA) is 58.4 Å². The lowest BCUT2D eigenvalue weighted by atomic mass is 10.2. The second-order valence-electron chi connectivity index (χ2n) is 6.32. The second-order valence-corrected chi connectivity index (χ2v) is 7.26. The molecule has 3 aromatic rings. The van der Waals surface area contributed by atoms with Crippen LogP contribution in [0, 0.1) is 0 Å². The highest BCUT2D eigenvalue weighted by Crippen LogP contribution is 2.28. The highest BCUT2D eigenvalue weighted by Gasteiger charge is 2.19. The van der Waals surface area contributed by atoms with Crippen LogP contribution in [-0.4, -0.2) is 29.0 Å². The molecule has 3 rings (SSSR count). The van der Waals surface area contributed by atoms with Crippen LogP contribution in [0.1, 0.15) is 24.4 Å². The lowest BCUT2D eigenvalue weighted by Crippen LogP contribution is -2.12. The predicted molar refractivity (Wildman–Crippen MR) is 115 cm³/mol. The molecule has 29 heavy (non-hydrogen) atoms. The molecule has 0 amide bonds. The Morgan fingerprint density at radius 1 is 1.03 bits per heavy atom. The van der Waals surface area contributed by atoms with Gasteiger partial charge < -0.3 is 14.2 Å². The van der Waals surface area contributed by atoms with Gasteiger partial charge in [-0.05, 0) is 48.9 Å². The number of hydrogen-bond donors (Lipinski definition) is 0. The molecule has 0 aliphatic rings. The van der Waals surface area contributed by atoms with E-state index in [2.05, 4.69) is 22.8 Å². The van der Waals surface area contributed by atoms with E-state index in [9.17, 15) is 0 Å². The zero-order valence-corrected chi connectivity index (χ0v) is 17.7. The summed E-state index contributed by atoms with van der Waals surface area (Å²) in [5.41, 5.74) is 1.16. The van der Waals surface area contributed by atoms with Crippen molar-refractivity contribution in [2.75, 3.05) is 14.2 Å². The van der Waals surface area contributed by atoms with E-state index in [1.807, 2.05) is 60.0 Å². The molecule has 0 bridgehead atoms. The van der Waals surface area contributed by atoms with Gasteiger partial charge in [0.1, 0.15) is 17.2 Å². The third-order valence-corrected chi connectivity index (χ3v) is 5.33. The van der Waals surface area contributed by atoms with Crippen molar-refractivity contribution in [3.8, 4) is 17.2 Å². The lowest BCUT2D eigenvalue weighted by molar-refractivity contribution is 0.210. The summed E-state index contributed by atoms with van der Waals surface area (Å²) < 4.78 is 18.6. The minimum absolute atomic E-state index is 0.262. The Morgan fingerprint density at radius 2 is 1.76 bits per heavy atom. The molecule has 1 unspecified atom stereocenters. The molecule has 0 aliphatic heterocycles. The molecule has 0 saturated heterocycles. The van der Waals surface area contributed by atoms with Crippen molar-refractivity contribution in [1.82, 2.24) is 14.8 Å². The number of ether oxygens (including phenoxy) is 3. The van der Waals surface area contributed by atoms with Gasteiger partial charge in [0.15, 0.2) is 17.1 Å². The van der Waals surface area contributed by atoms with E-state index >= 15 is 0 Å². The zero-order valence-electron chi connectivity index (χ0n) is 16.9. The zero-order chi connectivity index (χ0) is 20.6. The quantitative estimate of drug-likeness (QED) is 0.349. The molecule has 0 fully saturated rings. The molecule has 6 nitrogen and oxygen atoms in total. The SMILES string of the molecule is C=CCn1c(SCc2cccc(OC)c2)nnc1C(C)Oc1ccc(OC)cc1. The van der Waals surface area contributed by atoms with Crippen LogP contribution in [0.5, 0.6) is 17.2 Å². The van der Waals surface area contributed by atoms with Crippen molar-refractivity contribution in [3.63, 3.8) is 0 Å². The minimum Gasteiger partial charge on any atom is -0.497 e. The third-order valence-electron chi connectivity index (χ3n) is 4.30. The fourth-order valence-corrected chi connectivity index (χ4v) is 3.73. The van der Waals surface area contributed by atoms with Crippen LogP contribution < -0.4 is 14.2 Å². The number of methoxy groups -OCH3 is 2. The van der Waals surface area contributed by atoms with Gasteiger partial charge in [-0.3, -0.25) is 4.57 Å². The molecular formula is C22H25N3O3S. The first kappa shape index (κ1) is 20.8.